The van der Waals surface area contributed by atoms with E-state index >= 15 is 0 Å². The second-order valence-electron chi connectivity index (χ2n) is 6.60. The van der Waals surface area contributed by atoms with Crippen molar-refractivity contribution in [3.63, 3.8) is 0 Å². The summed E-state index contributed by atoms with van der Waals surface area (Å²) in [6.45, 7) is -1.05. The minimum atomic E-state index is -1.29. The maximum absolute atomic E-state index is 12.9. The van der Waals surface area contributed by atoms with Crippen LogP contribution >= 0.6 is 11.8 Å². The first kappa shape index (κ1) is 23.6. The number of β-lactam (4-membered cyclic amide) rings is 1. The lowest BCUT2D eigenvalue weighted by Crippen LogP contribution is -2.71. The van der Waals surface area contributed by atoms with Crippen molar-refractivity contribution in [2.75, 3.05) is 26.0 Å². The zero-order valence-electron chi connectivity index (χ0n) is 17.1. The molecule has 0 aromatic carbocycles. The van der Waals surface area contributed by atoms with Gasteiger partial charge in [-0.2, -0.15) is 0 Å². The number of nitrogens with two attached hydrogens (primary N) is 1. The van der Waals surface area contributed by atoms with Crippen molar-refractivity contribution in [2.24, 2.45) is 10.9 Å². The number of hydrogen-bond donors (Lipinski definition) is 4. The number of carboxylic acids is 1. The van der Waals surface area contributed by atoms with E-state index in [-0.39, 0.29) is 35.1 Å². The monoisotopic (exact) mass is 481 g/mol. The molecular weight excluding hydrogens is 462 g/mol. The van der Waals surface area contributed by atoms with Crippen LogP contribution in [0.4, 0.5) is 4.79 Å². The molecule has 1 fully saturated rings. The molecule has 2 atom stereocenters. The molecule has 1 aromatic rings. The Morgan fingerprint density at radius 2 is 2.15 bits per heavy atom. The van der Waals surface area contributed by atoms with Crippen molar-refractivity contribution in [3.05, 3.63) is 35.4 Å². The average molecular weight is 481 g/mol. The fraction of sp³-hybridized carbons (Fsp3) is 0.333. The predicted molar refractivity (Wildman–Crippen MR) is 110 cm³/mol. The largest absolute Gasteiger partial charge is 0.480 e. The van der Waals surface area contributed by atoms with Crippen LogP contribution in [0.1, 0.15) is 5.76 Å². The highest BCUT2D eigenvalue weighted by molar-refractivity contribution is 8.00. The van der Waals surface area contributed by atoms with E-state index in [0.29, 0.717) is 0 Å². The fourth-order valence-corrected chi connectivity index (χ4v) is 4.45. The Morgan fingerprint density at radius 3 is 2.76 bits per heavy atom. The lowest BCUT2D eigenvalue weighted by atomic mass is 10.0. The topological polar surface area (TPSA) is 203 Å². The van der Waals surface area contributed by atoms with Gasteiger partial charge in [0.05, 0.1) is 6.26 Å². The molecule has 33 heavy (non-hydrogen) atoms. The highest BCUT2D eigenvalue weighted by Gasteiger charge is 2.54. The van der Waals surface area contributed by atoms with Crippen molar-refractivity contribution in [3.8, 4) is 0 Å². The molecule has 2 aliphatic rings. The molecule has 0 saturated carbocycles. The number of primary amides is 1. The molecule has 4 amide bonds. The molecule has 3 heterocycles. The molecule has 14 nitrogen and oxygen atoms in total. The normalized spacial score (nSPS) is 19.8. The van der Waals surface area contributed by atoms with E-state index in [2.05, 4.69) is 20.6 Å². The Hall–Kier alpha value is -4.01. The third-order valence-electron chi connectivity index (χ3n) is 4.49. The van der Waals surface area contributed by atoms with Crippen LogP contribution in [-0.2, 0) is 28.8 Å². The highest BCUT2D eigenvalue weighted by Crippen LogP contribution is 2.40. The van der Waals surface area contributed by atoms with Gasteiger partial charge in [0.2, 0.25) is 5.71 Å². The number of oxime groups is 1. The standard InChI is InChI=1S/C18H19N5O9S/c1-30-22-11(9-3-2-4-31-9)14(26)21-12-16(28)23-13(15(27)20-5-10(24)25)8(6-32-18(19)29)7-33-17(12)23/h2-4,12,17H,5-7H2,1H3,(H2,19,29)(H,20,27)(H,21,26)(H,24,25)/b22-11-/t12-,17-/m1/s1. The third kappa shape index (κ3) is 5.08. The SMILES string of the molecule is CO/N=C(\C(=O)N[C@@H]1C(=O)N2C(C(=O)NCC(=O)O)=C(COC(N)=O)CS[C@H]12)c1ccco1. The summed E-state index contributed by atoms with van der Waals surface area (Å²) in [4.78, 5) is 65.8. The number of amides is 4. The summed E-state index contributed by atoms with van der Waals surface area (Å²) in [5.74, 6) is -3.23. The van der Waals surface area contributed by atoms with E-state index in [9.17, 15) is 24.0 Å². The summed E-state index contributed by atoms with van der Waals surface area (Å²) in [6, 6.07) is 2.02. The number of thioether (sulfide) groups is 1. The van der Waals surface area contributed by atoms with Crippen LogP contribution in [0.15, 0.2) is 39.2 Å². The first-order valence-electron chi connectivity index (χ1n) is 9.29. The van der Waals surface area contributed by atoms with Crippen molar-refractivity contribution in [2.45, 2.75) is 11.4 Å². The van der Waals surface area contributed by atoms with Crippen molar-refractivity contribution >= 4 is 47.3 Å². The molecule has 0 aliphatic carbocycles. The Morgan fingerprint density at radius 1 is 1.39 bits per heavy atom. The molecule has 5 N–H and O–H groups in total. The van der Waals surface area contributed by atoms with Crippen molar-refractivity contribution in [1.82, 2.24) is 15.5 Å². The second kappa shape index (κ2) is 10.1. The number of nitrogens with zero attached hydrogens (tertiary/aromatic N) is 2. The number of aliphatic carboxylic acids is 1. The number of carbonyl (C=O) groups is 5. The number of furan rings is 1. The van der Waals surface area contributed by atoms with Crippen LogP contribution in [0.25, 0.3) is 0 Å². The fourth-order valence-electron chi connectivity index (χ4n) is 3.12. The van der Waals surface area contributed by atoms with Crippen LogP contribution in [0, 0.1) is 0 Å². The minimum absolute atomic E-state index is 0.119. The van der Waals surface area contributed by atoms with Gasteiger partial charge in [-0.1, -0.05) is 5.16 Å². The zero-order chi connectivity index (χ0) is 24.1. The molecule has 3 rings (SSSR count). The smallest absolute Gasteiger partial charge is 0.404 e. The van der Waals surface area contributed by atoms with Crippen LogP contribution < -0.4 is 16.4 Å². The number of rotatable bonds is 9. The van der Waals surface area contributed by atoms with E-state index in [1.807, 2.05) is 0 Å². The van der Waals surface area contributed by atoms with Crippen LogP contribution in [-0.4, -0.2) is 82.9 Å². The Labute approximate surface area is 190 Å². The summed E-state index contributed by atoms with van der Waals surface area (Å²) in [6.07, 6.45) is 0.256. The average Bonchev–Trinajstić information content (AvgIpc) is 3.31. The van der Waals surface area contributed by atoms with Crippen LogP contribution in [0.3, 0.4) is 0 Å². The molecular formula is C18H19N5O9S. The van der Waals surface area contributed by atoms with Gasteiger partial charge in [0.15, 0.2) is 5.76 Å². The maximum atomic E-state index is 12.9. The number of carbonyl (C=O) groups excluding carboxylic acids is 4. The highest BCUT2D eigenvalue weighted by atomic mass is 32.2. The van der Waals surface area contributed by atoms with E-state index in [0.717, 1.165) is 4.90 Å². The van der Waals surface area contributed by atoms with Gasteiger partial charge in [-0.15, -0.1) is 11.8 Å². The molecule has 0 unspecified atom stereocenters. The molecule has 15 heteroatoms. The van der Waals surface area contributed by atoms with Gasteiger partial charge in [-0.3, -0.25) is 24.1 Å². The number of nitrogens with one attached hydrogen (secondary N) is 2. The van der Waals surface area contributed by atoms with Gasteiger partial charge in [-0.25, -0.2) is 4.79 Å². The molecule has 1 saturated heterocycles. The van der Waals surface area contributed by atoms with Gasteiger partial charge in [0, 0.05) is 11.3 Å². The number of carboxylic acid groups (broad SMARTS) is 1. The van der Waals surface area contributed by atoms with E-state index in [1.54, 1.807) is 6.07 Å². The summed E-state index contributed by atoms with van der Waals surface area (Å²) >= 11 is 1.20. The van der Waals surface area contributed by atoms with Crippen molar-refractivity contribution < 1.29 is 43.1 Å². The number of hydrogen-bond acceptors (Lipinski definition) is 10. The lowest BCUT2D eigenvalue weighted by Gasteiger charge is -2.49. The Kier molecular flexibility index (Phi) is 7.22. The molecule has 0 bridgehead atoms. The van der Waals surface area contributed by atoms with E-state index in [1.165, 1.54) is 31.2 Å². The Bertz CT molecular complexity index is 1040. The molecule has 1 aromatic heterocycles. The zero-order valence-corrected chi connectivity index (χ0v) is 17.9. The van der Waals surface area contributed by atoms with Gasteiger partial charge in [0.25, 0.3) is 17.7 Å². The molecule has 0 radical (unpaired) electrons. The predicted octanol–water partition coefficient (Wildman–Crippen LogP) is -1.42. The third-order valence-corrected chi connectivity index (χ3v) is 5.83. The summed E-state index contributed by atoms with van der Waals surface area (Å²) in [5.41, 5.74) is 4.88. The second-order valence-corrected chi connectivity index (χ2v) is 7.70. The Balaban J connectivity index is 1.80. The van der Waals surface area contributed by atoms with Gasteiger partial charge in [0.1, 0.15) is 37.4 Å². The molecule has 2 aliphatic heterocycles. The summed E-state index contributed by atoms with van der Waals surface area (Å²) in [7, 11) is 1.24. The molecule has 0 spiro atoms. The van der Waals surface area contributed by atoms with Crippen LogP contribution in [0.2, 0.25) is 0 Å². The van der Waals surface area contributed by atoms with E-state index in [4.69, 9.17) is 20.0 Å². The first-order chi connectivity index (χ1) is 15.7. The first-order valence-corrected chi connectivity index (χ1v) is 10.3. The minimum Gasteiger partial charge on any atom is -0.480 e. The number of fused-ring (bicyclic) bond motifs is 1. The van der Waals surface area contributed by atoms with Crippen LogP contribution in [0.5, 0.6) is 0 Å². The molecule has 176 valence electrons. The van der Waals surface area contributed by atoms with Gasteiger partial charge < -0.3 is 35.5 Å². The summed E-state index contributed by atoms with van der Waals surface area (Å²) in [5, 5.41) is 16.5. The summed E-state index contributed by atoms with van der Waals surface area (Å²) < 4.78 is 9.90. The number of ether oxygens (including phenoxy) is 1. The maximum Gasteiger partial charge on any atom is 0.404 e. The van der Waals surface area contributed by atoms with Crippen molar-refractivity contribution in [1.29, 1.82) is 0 Å². The van der Waals surface area contributed by atoms with Gasteiger partial charge >= 0.3 is 12.1 Å². The lowest BCUT2D eigenvalue weighted by molar-refractivity contribution is -0.147. The van der Waals surface area contributed by atoms with Gasteiger partial charge in [-0.05, 0) is 12.1 Å². The van der Waals surface area contributed by atoms with E-state index < -0.39 is 47.7 Å². The quantitative estimate of drug-likeness (QED) is 0.184.